The van der Waals surface area contributed by atoms with Gasteiger partial charge in [-0.25, -0.2) is 4.98 Å². The molecular formula is C14H16N2O3. The fourth-order valence-electron chi connectivity index (χ4n) is 2.12. The van der Waals surface area contributed by atoms with E-state index in [2.05, 4.69) is 9.97 Å². The van der Waals surface area contributed by atoms with Crippen molar-refractivity contribution in [3.8, 4) is 5.75 Å². The van der Waals surface area contributed by atoms with Crippen molar-refractivity contribution in [1.29, 1.82) is 0 Å². The molecule has 0 aliphatic carbocycles. The number of aromatic nitrogens is 2. The first-order valence-electron chi connectivity index (χ1n) is 6.18. The molecule has 1 aliphatic heterocycles. The number of hydrogen-bond acceptors (Lipinski definition) is 4. The Morgan fingerprint density at radius 3 is 3.00 bits per heavy atom. The summed E-state index contributed by atoms with van der Waals surface area (Å²) in [7, 11) is 0. The molecule has 1 unspecified atom stereocenters. The molecule has 1 aromatic heterocycles. The highest BCUT2D eigenvalue weighted by Gasteiger charge is 2.27. The quantitative estimate of drug-likeness (QED) is 0.868. The third-order valence-corrected chi connectivity index (χ3v) is 3.13. The standard InChI is InChI=1S/C14H16N2O3/c1-14(2)18-7-10-5-9(3-4-12(10)19-14)13(17)11-6-15-8-16-11/h3-6,8,13,17H,7H2,1-2H3,(H,15,16). The summed E-state index contributed by atoms with van der Waals surface area (Å²) >= 11 is 0. The van der Waals surface area contributed by atoms with Crippen LogP contribution in [0.25, 0.3) is 0 Å². The van der Waals surface area contributed by atoms with Crippen molar-refractivity contribution in [1.82, 2.24) is 9.97 Å². The van der Waals surface area contributed by atoms with E-state index in [0.717, 1.165) is 16.9 Å². The summed E-state index contributed by atoms with van der Waals surface area (Å²) in [5.41, 5.74) is 2.31. The van der Waals surface area contributed by atoms with Crippen molar-refractivity contribution in [2.75, 3.05) is 0 Å². The third kappa shape index (κ3) is 2.34. The van der Waals surface area contributed by atoms with Gasteiger partial charge in [-0.1, -0.05) is 6.07 Å². The number of nitrogens with one attached hydrogen (secondary N) is 1. The van der Waals surface area contributed by atoms with E-state index in [0.29, 0.717) is 12.3 Å². The highest BCUT2D eigenvalue weighted by Crippen LogP contribution is 2.33. The molecule has 0 saturated heterocycles. The second-order valence-corrected chi connectivity index (χ2v) is 5.05. The number of aliphatic hydroxyl groups is 1. The molecule has 19 heavy (non-hydrogen) atoms. The van der Waals surface area contributed by atoms with E-state index in [9.17, 15) is 5.11 Å². The summed E-state index contributed by atoms with van der Waals surface area (Å²) in [4.78, 5) is 6.89. The molecule has 0 fully saturated rings. The van der Waals surface area contributed by atoms with Crippen molar-refractivity contribution < 1.29 is 14.6 Å². The minimum Gasteiger partial charge on any atom is -0.463 e. The Bertz CT molecular complexity index is 578. The second-order valence-electron chi connectivity index (χ2n) is 5.05. The van der Waals surface area contributed by atoms with Crippen molar-refractivity contribution in [3.05, 3.63) is 47.5 Å². The van der Waals surface area contributed by atoms with Gasteiger partial charge in [-0.15, -0.1) is 0 Å². The van der Waals surface area contributed by atoms with E-state index in [4.69, 9.17) is 9.47 Å². The average molecular weight is 260 g/mol. The summed E-state index contributed by atoms with van der Waals surface area (Å²) in [5.74, 6) is 0.198. The molecule has 0 saturated carbocycles. The smallest absolute Gasteiger partial charge is 0.205 e. The molecule has 2 heterocycles. The van der Waals surface area contributed by atoms with Gasteiger partial charge in [0.2, 0.25) is 5.79 Å². The van der Waals surface area contributed by atoms with Crippen molar-refractivity contribution >= 4 is 0 Å². The Morgan fingerprint density at radius 2 is 2.26 bits per heavy atom. The maximum Gasteiger partial charge on any atom is 0.205 e. The molecule has 3 rings (SSSR count). The fourth-order valence-corrected chi connectivity index (χ4v) is 2.12. The number of aromatic amines is 1. The number of nitrogens with zero attached hydrogens (tertiary/aromatic N) is 1. The first-order valence-corrected chi connectivity index (χ1v) is 6.18. The average Bonchev–Trinajstić information content (AvgIpc) is 2.90. The number of H-pyrrole nitrogens is 1. The van der Waals surface area contributed by atoms with E-state index in [1.54, 1.807) is 12.5 Å². The van der Waals surface area contributed by atoms with Gasteiger partial charge in [-0.05, 0) is 17.7 Å². The summed E-state index contributed by atoms with van der Waals surface area (Å²) in [6.07, 6.45) is 2.48. The number of rotatable bonds is 2. The molecule has 1 aromatic carbocycles. The van der Waals surface area contributed by atoms with Gasteiger partial charge in [-0.3, -0.25) is 0 Å². The SMILES string of the molecule is CC1(C)OCc2cc(C(O)c3c[nH]cn3)ccc2O1. The Kier molecular flexibility index (Phi) is 2.80. The van der Waals surface area contributed by atoms with E-state index >= 15 is 0 Å². The monoisotopic (exact) mass is 260 g/mol. The van der Waals surface area contributed by atoms with Crippen LogP contribution in [0.4, 0.5) is 0 Å². The highest BCUT2D eigenvalue weighted by molar-refractivity contribution is 5.40. The van der Waals surface area contributed by atoms with E-state index < -0.39 is 11.9 Å². The molecule has 100 valence electrons. The van der Waals surface area contributed by atoms with Crippen LogP contribution in [0.5, 0.6) is 5.75 Å². The predicted octanol–water partition coefficient (Wildman–Crippen LogP) is 2.14. The molecule has 5 heteroatoms. The number of ether oxygens (including phenoxy) is 2. The van der Waals surface area contributed by atoms with Crippen molar-refractivity contribution in [3.63, 3.8) is 0 Å². The topological polar surface area (TPSA) is 67.4 Å². The van der Waals surface area contributed by atoms with Crippen LogP contribution in [0.2, 0.25) is 0 Å². The molecule has 0 bridgehead atoms. The molecule has 0 amide bonds. The molecule has 5 nitrogen and oxygen atoms in total. The van der Waals surface area contributed by atoms with Crippen LogP contribution in [-0.2, 0) is 11.3 Å². The first-order chi connectivity index (χ1) is 9.05. The normalized spacial score (nSPS) is 18.5. The number of hydrogen-bond donors (Lipinski definition) is 2. The first kappa shape index (κ1) is 12.2. The number of imidazole rings is 1. The zero-order chi connectivity index (χ0) is 13.5. The van der Waals surface area contributed by atoms with E-state index in [1.165, 1.54) is 0 Å². The van der Waals surface area contributed by atoms with E-state index in [1.807, 2.05) is 32.0 Å². The van der Waals surface area contributed by atoms with Crippen LogP contribution in [0.3, 0.4) is 0 Å². The predicted molar refractivity (Wildman–Crippen MR) is 68.6 cm³/mol. The summed E-state index contributed by atoms with van der Waals surface area (Å²) in [5, 5.41) is 10.2. The van der Waals surface area contributed by atoms with Gasteiger partial charge in [0.1, 0.15) is 11.9 Å². The lowest BCUT2D eigenvalue weighted by molar-refractivity contribution is -0.180. The Morgan fingerprint density at radius 1 is 1.42 bits per heavy atom. The minimum absolute atomic E-state index is 0.476. The van der Waals surface area contributed by atoms with Gasteiger partial charge in [0, 0.05) is 25.6 Å². The van der Waals surface area contributed by atoms with Crippen LogP contribution in [-0.4, -0.2) is 20.9 Å². The van der Waals surface area contributed by atoms with Gasteiger partial charge in [-0.2, -0.15) is 0 Å². The van der Waals surface area contributed by atoms with Crippen LogP contribution < -0.4 is 4.74 Å². The lowest BCUT2D eigenvalue weighted by atomic mass is 10.0. The van der Waals surface area contributed by atoms with Gasteiger partial charge >= 0.3 is 0 Å². The highest BCUT2D eigenvalue weighted by atomic mass is 16.7. The van der Waals surface area contributed by atoms with Crippen LogP contribution in [0.1, 0.15) is 36.8 Å². The van der Waals surface area contributed by atoms with Crippen molar-refractivity contribution in [2.24, 2.45) is 0 Å². The van der Waals surface area contributed by atoms with Crippen LogP contribution in [0, 0.1) is 0 Å². The van der Waals surface area contributed by atoms with Gasteiger partial charge in [0.25, 0.3) is 0 Å². The number of aliphatic hydroxyl groups excluding tert-OH is 1. The zero-order valence-corrected chi connectivity index (χ0v) is 10.9. The largest absolute Gasteiger partial charge is 0.463 e. The molecule has 0 radical (unpaired) electrons. The summed E-state index contributed by atoms with van der Waals surface area (Å²) in [6, 6.07) is 5.61. The maximum absolute atomic E-state index is 10.2. The van der Waals surface area contributed by atoms with Gasteiger partial charge in [0.15, 0.2) is 0 Å². The van der Waals surface area contributed by atoms with E-state index in [-0.39, 0.29) is 0 Å². The lowest BCUT2D eigenvalue weighted by Crippen LogP contribution is -2.35. The lowest BCUT2D eigenvalue weighted by Gasteiger charge is -2.32. The third-order valence-electron chi connectivity index (χ3n) is 3.13. The maximum atomic E-state index is 10.2. The number of benzene rings is 1. The Labute approximate surface area is 111 Å². The molecule has 2 aromatic rings. The Hall–Kier alpha value is -1.85. The van der Waals surface area contributed by atoms with Gasteiger partial charge < -0.3 is 19.6 Å². The summed E-state index contributed by atoms with van der Waals surface area (Å²) < 4.78 is 11.3. The molecule has 1 aliphatic rings. The van der Waals surface area contributed by atoms with Crippen molar-refractivity contribution in [2.45, 2.75) is 32.3 Å². The zero-order valence-electron chi connectivity index (χ0n) is 10.9. The minimum atomic E-state index is -0.744. The molecule has 2 N–H and O–H groups in total. The Balaban J connectivity index is 1.90. The van der Waals surface area contributed by atoms with Gasteiger partial charge in [0.05, 0.1) is 18.6 Å². The molecule has 1 atom stereocenters. The van der Waals surface area contributed by atoms with Crippen LogP contribution >= 0.6 is 0 Å². The molecule has 0 spiro atoms. The number of fused-ring (bicyclic) bond motifs is 1. The molecular weight excluding hydrogens is 244 g/mol. The summed E-state index contributed by atoms with van der Waals surface area (Å²) in [6.45, 7) is 4.23. The fraction of sp³-hybridized carbons (Fsp3) is 0.357. The second kappa shape index (κ2) is 4.36. The van der Waals surface area contributed by atoms with Crippen LogP contribution in [0.15, 0.2) is 30.7 Å².